The molecule has 3 fully saturated rings. The molecular formula is C22H29NO2. The van der Waals surface area contributed by atoms with Crippen molar-refractivity contribution in [2.24, 2.45) is 17.8 Å². The van der Waals surface area contributed by atoms with E-state index in [1.807, 2.05) is 30.3 Å². The smallest absolute Gasteiger partial charge is 0.219 e. The van der Waals surface area contributed by atoms with E-state index in [-0.39, 0.29) is 17.9 Å². The van der Waals surface area contributed by atoms with Crippen LogP contribution < -0.4 is 0 Å². The summed E-state index contributed by atoms with van der Waals surface area (Å²) < 4.78 is 0. The van der Waals surface area contributed by atoms with Crippen molar-refractivity contribution in [3.63, 3.8) is 0 Å². The third kappa shape index (κ3) is 3.02. The lowest BCUT2D eigenvalue weighted by atomic mass is 9.63. The zero-order valence-electron chi connectivity index (χ0n) is 15.2. The maximum Gasteiger partial charge on any atom is 0.219 e. The number of carbonyl (C=O) groups is 2. The molecular weight excluding hydrogens is 310 g/mol. The van der Waals surface area contributed by atoms with Crippen LogP contribution in [0.3, 0.4) is 0 Å². The van der Waals surface area contributed by atoms with E-state index in [1.54, 1.807) is 6.92 Å². The van der Waals surface area contributed by atoms with Crippen molar-refractivity contribution in [3.05, 3.63) is 35.9 Å². The molecule has 0 spiro atoms. The fourth-order valence-electron chi connectivity index (χ4n) is 5.94. The summed E-state index contributed by atoms with van der Waals surface area (Å²) in [5.41, 5.74) is 0.841. The number of piperidine rings is 1. The van der Waals surface area contributed by atoms with Gasteiger partial charge in [0.05, 0.1) is 0 Å². The number of nitrogens with zero attached hydrogens (tertiary/aromatic N) is 1. The van der Waals surface area contributed by atoms with Crippen LogP contribution >= 0.6 is 0 Å². The van der Waals surface area contributed by atoms with Crippen LogP contribution in [0.2, 0.25) is 0 Å². The fourth-order valence-corrected chi connectivity index (χ4v) is 5.94. The maximum atomic E-state index is 13.2. The summed E-state index contributed by atoms with van der Waals surface area (Å²) in [5, 5.41) is 0. The van der Waals surface area contributed by atoms with E-state index in [1.165, 1.54) is 19.3 Å². The first-order chi connectivity index (χ1) is 12.2. The van der Waals surface area contributed by atoms with Gasteiger partial charge in [0.25, 0.3) is 0 Å². The Morgan fingerprint density at radius 1 is 0.920 bits per heavy atom. The minimum Gasteiger partial charge on any atom is -0.336 e. The van der Waals surface area contributed by atoms with Crippen molar-refractivity contribution in [3.8, 4) is 0 Å². The van der Waals surface area contributed by atoms with Gasteiger partial charge in [0.15, 0.2) is 5.78 Å². The monoisotopic (exact) mass is 339 g/mol. The molecule has 1 saturated heterocycles. The van der Waals surface area contributed by atoms with Gasteiger partial charge < -0.3 is 4.90 Å². The number of Topliss-reactive ketones (excluding diaryl/α,β-unsaturated/α-hetero) is 1. The van der Waals surface area contributed by atoms with E-state index in [0.717, 1.165) is 37.7 Å². The summed E-state index contributed by atoms with van der Waals surface area (Å²) in [5.74, 6) is 1.56. The molecule has 1 aliphatic heterocycles. The van der Waals surface area contributed by atoms with Crippen LogP contribution in [0, 0.1) is 17.8 Å². The quantitative estimate of drug-likeness (QED) is 0.746. The van der Waals surface area contributed by atoms with E-state index in [9.17, 15) is 9.59 Å². The van der Waals surface area contributed by atoms with Crippen LogP contribution in [-0.4, -0.2) is 28.7 Å². The van der Waals surface area contributed by atoms with Gasteiger partial charge in [-0.15, -0.1) is 0 Å². The molecule has 134 valence electrons. The Kier molecular flexibility index (Phi) is 4.66. The lowest BCUT2D eigenvalue weighted by molar-refractivity contribution is -0.145. The molecule has 1 heterocycles. The topological polar surface area (TPSA) is 37.4 Å². The summed E-state index contributed by atoms with van der Waals surface area (Å²) in [7, 11) is 0. The van der Waals surface area contributed by atoms with E-state index in [2.05, 4.69) is 4.90 Å². The molecule has 4 rings (SSSR count). The second-order valence-corrected chi connectivity index (χ2v) is 8.27. The number of ketones is 1. The maximum absolute atomic E-state index is 13.2. The van der Waals surface area contributed by atoms with Gasteiger partial charge in [-0.05, 0) is 43.9 Å². The molecule has 2 aliphatic carbocycles. The molecule has 3 nitrogen and oxygen atoms in total. The van der Waals surface area contributed by atoms with Gasteiger partial charge in [-0.25, -0.2) is 0 Å². The zero-order valence-corrected chi connectivity index (χ0v) is 15.2. The van der Waals surface area contributed by atoms with Crippen molar-refractivity contribution in [1.29, 1.82) is 0 Å². The average Bonchev–Trinajstić information content (AvgIpc) is 2.65. The molecule has 3 aliphatic rings. The first-order valence-corrected chi connectivity index (χ1v) is 10.0. The SMILES string of the molecule is CC(=O)N1C2CCCCC2CC2C(C(=O)c3ccccc3)CCCC21. The predicted molar refractivity (Wildman–Crippen MR) is 98.3 cm³/mol. The van der Waals surface area contributed by atoms with E-state index >= 15 is 0 Å². The predicted octanol–water partition coefficient (Wildman–Crippen LogP) is 4.47. The van der Waals surface area contributed by atoms with Crippen LogP contribution in [0.1, 0.15) is 68.6 Å². The van der Waals surface area contributed by atoms with Crippen molar-refractivity contribution in [1.82, 2.24) is 4.90 Å². The highest BCUT2D eigenvalue weighted by molar-refractivity contribution is 5.98. The number of hydrogen-bond donors (Lipinski definition) is 0. The number of likely N-dealkylation sites (tertiary alicyclic amines) is 1. The highest BCUT2D eigenvalue weighted by Gasteiger charge is 2.49. The summed E-state index contributed by atoms with van der Waals surface area (Å²) in [6, 6.07) is 10.5. The molecule has 0 N–H and O–H groups in total. The Morgan fingerprint density at radius 2 is 1.64 bits per heavy atom. The van der Waals surface area contributed by atoms with Gasteiger partial charge in [-0.2, -0.15) is 0 Å². The van der Waals surface area contributed by atoms with Gasteiger partial charge in [-0.1, -0.05) is 49.6 Å². The zero-order chi connectivity index (χ0) is 17.4. The van der Waals surface area contributed by atoms with Crippen molar-refractivity contribution < 1.29 is 9.59 Å². The molecule has 1 aromatic carbocycles. The highest BCUT2D eigenvalue weighted by atomic mass is 16.2. The molecule has 0 radical (unpaired) electrons. The minimum absolute atomic E-state index is 0.0888. The van der Waals surface area contributed by atoms with Gasteiger partial charge in [-0.3, -0.25) is 9.59 Å². The molecule has 25 heavy (non-hydrogen) atoms. The van der Waals surface area contributed by atoms with Crippen LogP contribution in [0.15, 0.2) is 30.3 Å². The lowest BCUT2D eigenvalue weighted by Gasteiger charge is -2.55. The molecule has 3 heteroatoms. The normalized spacial score (nSPS) is 34.8. The summed E-state index contributed by atoms with van der Waals surface area (Å²) in [6.45, 7) is 1.73. The number of carbonyl (C=O) groups excluding carboxylic acids is 2. The largest absolute Gasteiger partial charge is 0.336 e. The second kappa shape index (κ2) is 6.93. The number of hydrogen-bond acceptors (Lipinski definition) is 2. The Bertz CT molecular complexity index is 641. The van der Waals surface area contributed by atoms with Crippen LogP contribution in [0.4, 0.5) is 0 Å². The van der Waals surface area contributed by atoms with E-state index < -0.39 is 0 Å². The Morgan fingerprint density at radius 3 is 2.40 bits per heavy atom. The van der Waals surface area contributed by atoms with Crippen LogP contribution in [0.5, 0.6) is 0 Å². The minimum atomic E-state index is 0.0888. The highest BCUT2D eigenvalue weighted by Crippen LogP contribution is 2.48. The molecule has 1 amide bonds. The standard InChI is InChI=1S/C22H29NO2/c1-15(24)23-20-12-6-5-10-17(20)14-19-18(11-7-13-21(19)23)22(25)16-8-3-2-4-9-16/h2-4,8-9,17-21H,5-7,10-14H2,1H3. The number of rotatable bonds is 2. The summed E-state index contributed by atoms with van der Waals surface area (Å²) in [4.78, 5) is 27.9. The second-order valence-electron chi connectivity index (χ2n) is 8.27. The molecule has 5 unspecified atom stereocenters. The Labute approximate surface area is 150 Å². The van der Waals surface area contributed by atoms with Gasteiger partial charge >= 0.3 is 0 Å². The molecule has 0 aromatic heterocycles. The van der Waals surface area contributed by atoms with Gasteiger partial charge in [0, 0.05) is 30.5 Å². The average molecular weight is 339 g/mol. The van der Waals surface area contributed by atoms with Crippen LogP contribution in [-0.2, 0) is 4.79 Å². The summed E-state index contributed by atoms with van der Waals surface area (Å²) in [6.07, 6.45) is 9.17. The molecule has 1 aromatic rings. The fraction of sp³-hybridized carbons (Fsp3) is 0.636. The van der Waals surface area contributed by atoms with Crippen LogP contribution in [0.25, 0.3) is 0 Å². The molecule has 0 bridgehead atoms. The number of fused-ring (bicyclic) bond motifs is 2. The van der Waals surface area contributed by atoms with E-state index in [0.29, 0.717) is 23.7 Å². The molecule has 5 atom stereocenters. The Hall–Kier alpha value is -1.64. The number of benzene rings is 1. The first kappa shape index (κ1) is 16.8. The number of amides is 1. The first-order valence-electron chi connectivity index (χ1n) is 10.0. The summed E-state index contributed by atoms with van der Waals surface area (Å²) >= 11 is 0. The van der Waals surface area contributed by atoms with Gasteiger partial charge in [0.2, 0.25) is 5.91 Å². The molecule has 2 saturated carbocycles. The van der Waals surface area contributed by atoms with Crippen molar-refractivity contribution >= 4 is 11.7 Å². The van der Waals surface area contributed by atoms with E-state index in [4.69, 9.17) is 0 Å². The third-order valence-corrected chi connectivity index (χ3v) is 6.94. The van der Waals surface area contributed by atoms with Crippen molar-refractivity contribution in [2.45, 2.75) is 70.4 Å². The van der Waals surface area contributed by atoms with Crippen molar-refractivity contribution in [2.75, 3.05) is 0 Å². The lowest BCUT2D eigenvalue weighted by Crippen LogP contribution is -2.60. The van der Waals surface area contributed by atoms with Gasteiger partial charge in [0.1, 0.15) is 0 Å². The third-order valence-electron chi connectivity index (χ3n) is 6.94. The Balaban J connectivity index is 1.64.